The van der Waals surface area contributed by atoms with Crippen molar-refractivity contribution < 1.29 is 46.6 Å². The summed E-state index contributed by atoms with van der Waals surface area (Å²) in [6.07, 6.45) is -4.64. The van der Waals surface area contributed by atoms with Crippen molar-refractivity contribution in [3.8, 4) is 5.75 Å². The lowest BCUT2D eigenvalue weighted by Gasteiger charge is -2.25. The van der Waals surface area contributed by atoms with Gasteiger partial charge in [0.15, 0.2) is 6.10 Å². The van der Waals surface area contributed by atoms with Crippen LogP contribution in [0.25, 0.3) is 0 Å². The molecule has 242 valence electrons. The van der Waals surface area contributed by atoms with Crippen molar-refractivity contribution in [2.24, 2.45) is 0 Å². The van der Waals surface area contributed by atoms with Crippen LogP contribution in [-0.2, 0) is 28.2 Å². The van der Waals surface area contributed by atoms with Crippen LogP contribution in [0.5, 0.6) is 5.75 Å². The van der Waals surface area contributed by atoms with Crippen LogP contribution in [0.15, 0.2) is 47.4 Å². The summed E-state index contributed by atoms with van der Waals surface area (Å²) in [6, 6.07) is 7.31. The molecular weight excluding hydrogens is 607 g/mol. The molecule has 14 nitrogen and oxygen atoms in total. The molecule has 0 saturated carbocycles. The molecule has 0 bridgehead atoms. The molecule has 3 heterocycles. The van der Waals surface area contributed by atoms with Crippen LogP contribution in [0.3, 0.4) is 0 Å². The number of para-hydroxylation sites is 1. The smallest absolute Gasteiger partial charge is 0.459 e. The molecule has 0 radical (unpaired) electrons. The van der Waals surface area contributed by atoms with E-state index in [1.165, 1.54) is 19.1 Å². The van der Waals surface area contributed by atoms with E-state index < -0.39 is 68.6 Å². The number of hydrogen-bond donors (Lipinski definition) is 3. The topological polar surface area (TPSA) is 171 Å². The highest BCUT2D eigenvalue weighted by Gasteiger charge is 2.60. The summed E-state index contributed by atoms with van der Waals surface area (Å²) >= 11 is 0. The van der Waals surface area contributed by atoms with Gasteiger partial charge < -0.3 is 24.4 Å². The van der Waals surface area contributed by atoms with Crippen LogP contribution < -0.4 is 20.6 Å². The van der Waals surface area contributed by atoms with Crippen LogP contribution in [-0.4, -0.2) is 88.0 Å². The second-order valence-corrected chi connectivity index (χ2v) is 12.5. The van der Waals surface area contributed by atoms with E-state index >= 15 is 8.78 Å². The minimum Gasteiger partial charge on any atom is -0.462 e. The first-order chi connectivity index (χ1) is 20.7. The molecule has 2 aromatic rings. The highest BCUT2D eigenvalue weighted by molar-refractivity contribution is 7.52. The van der Waals surface area contributed by atoms with Crippen LogP contribution in [0.1, 0.15) is 39.8 Å². The number of halogens is 2. The molecule has 4 rings (SSSR count). The minimum atomic E-state index is -4.46. The van der Waals surface area contributed by atoms with Gasteiger partial charge in [-0.05, 0) is 65.4 Å². The Kier molecular flexibility index (Phi) is 10.5. The number of anilines is 1. The number of esters is 1. The van der Waals surface area contributed by atoms with E-state index in [-0.39, 0.29) is 17.5 Å². The Morgan fingerprint density at radius 1 is 1.23 bits per heavy atom. The normalized spacial score (nSPS) is 25.4. The summed E-state index contributed by atoms with van der Waals surface area (Å²) in [5, 5.41) is 15.4. The van der Waals surface area contributed by atoms with E-state index in [0.29, 0.717) is 11.0 Å². The number of carbonyl (C=O) groups is 2. The summed E-state index contributed by atoms with van der Waals surface area (Å²) in [4.78, 5) is 43.1. The van der Waals surface area contributed by atoms with Crippen LogP contribution in [0.4, 0.5) is 14.6 Å². The van der Waals surface area contributed by atoms with Crippen molar-refractivity contribution in [1.29, 1.82) is 0 Å². The molecule has 1 unspecified atom stereocenters. The lowest BCUT2D eigenvalue weighted by atomic mass is 10.1. The maximum atomic E-state index is 15.2. The summed E-state index contributed by atoms with van der Waals surface area (Å²) in [7, 11) is -2.67. The van der Waals surface area contributed by atoms with Crippen molar-refractivity contribution in [1.82, 2.24) is 19.5 Å². The first-order valence-electron chi connectivity index (χ1n) is 14.0. The number of ether oxygens (including phenoxy) is 2. The number of rotatable bonds is 12. The summed E-state index contributed by atoms with van der Waals surface area (Å²) in [5.41, 5.74) is -1.17. The lowest BCUT2D eigenvalue weighted by Crippen LogP contribution is -2.42. The number of likely N-dealkylation sites (N-methyl/N-ethyl adjacent to an activating group) is 1. The van der Waals surface area contributed by atoms with Gasteiger partial charge in [0.25, 0.3) is 0 Å². The van der Waals surface area contributed by atoms with Gasteiger partial charge in [-0.15, -0.1) is 0 Å². The number of likely N-dealkylation sites (tertiary alicyclic amines) is 1. The zero-order valence-corrected chi connectivity index (χ0v) is 25.5. The number of aliphatic hydroxyl groups is 1. The number of carbonyl (C=O) groups excluding carboxylic acids is 2. The number of nitrogens with one attached hydrogen (secondary N) is 2. The molecule has 17 heteroatoms. The number of hydrogen-bond acceptors (Lipinski definition) is 11. The Bertz CT molecular complexity index is 1430. The fraction of sp³-hybridized carbons (Fsp3) is 0.556. The van der Waals surface area contributed by atoms with E-state index in [9.17, 15) is 24.1 Å². The molecule has 1 aromatic heterocycles. The Morgan fingerprint density at radius 3 is 2.55 bits per heavy atom. The number of benzene rings is 1. The van der Waals surface area contributed by atoms with Gasteiger partial charge in [0.1, 0.15) is 23.7 Å². The Balaban J connectivity index is 1.47. The summed E-state index contributed by atoms with van der Waals surface area (Å²) in [5.74, 6) is -5.22. The molecule has 2 saturated heterocycles. The van der Waals surface area contributed by atoms with Gasteiger partial charge in [0, 0.05) is 6.20 Å². The van der Waals surface area contributed by atoms with Gasteiger partial charge >= 0.3 is 25.3 Å². The molecule has 6 atom stereocenters. The van der Waals surface area contributed by atoms with Crippen LogP contribution >= 0.6 is 7.75 Å². The van der Waals surface area contributed by atoms with Crippen LogP contribution in [0, 0.1) is 0 Å². The highest BCUT2D eigenvalue weighted by atomic mass is 31.2. The SMILES string of the molecule is CC(C)OC(=O)[C@H](C)NP(=O)(OC[C@H]1O[C@@H](n2ccc(NC(=O)[C@@H]3CCCN3C)nc2=O)C(F)(F)[C@@H]1O)Oc1ccccc1. The van der Waals surface area contributed by atoms with E-state index in [4.69, 9.17) is 18.5 Å². The molecule has 1 amide bonds. The summed E-state index contributed by atoms with van der Waals surface area (Å²) in [6.45, 7) is 4.44. The predicted octanol–water partition coefficient (Wildman–Crippen LogP) is 2.30. The minimum absolute atomic E-state index is 0.0771. The lowest BCUT2D eigenvalue weighted by molar-refractivity contribution is -0.149. The number of alkyl halides is 2. The monoisotopic (exact) mass is 643 g/mol. The largest absolute Gasteiger partial charge is 0.462 e. The van der Waals surface area contributed by atoms with Gasteiger partial charge in [-0.3, -0.25) is 23.6 Å². The van der Waals surface area contributed by atoms with Crippen LogP contribution in [0.2, 0.25) is 0 Å². The summed E-state index contributed by atoms with van der Waals surface area (Å²) < 4.78 is 65.9. The Morgan fingerprint density at radius 2 is 1.93 bits per heavy atom. The van der Waals surface area contributed by atoms with Gasteiger partial charge in [-0.1, -0.05) is 18.2 Å². The molecule has 0 spiro atoms. The van der Waals surface area contributed by atoms with Crippen molar-refractivity contribution >= 4 is 25.4 Å². The highest BCUT2D eigenvalue weighted by Crippen LogP contribution is 2.48. The number of nitrogens with zero attached hydrogens (tertiary/aromatic N) is 3. The molecule has 3 N–H and O–H groups in total. The van der Waals surface area contributed by atoms with Gasteiger partial charge in [0.05, 0.1) is 18.8 Å². The molecule has 2 aliphatic rings. The van der Waals surface area contributed by atoms with Crippen molar-refractivity contribution in [2.45, 2.75) is 76.2 Å². The van der Waals surface area contributed by atoms with Gasteiger partial charge in [-0.2, -0.15) is 18.9 Å². The fourth-order valence-electron chi connectivity index (χ4n) is 4.72. The molecule has 44 heavy (non-hydrogen) atoms. The molecule has 1 aromatic carbocycles. The molecular formula is C27H36F2N5O9P. The zero-order valence-electron chi connectivity index (χ0n) is 24.6. The second-order valence-electron chi connectivity index (χ2n) is 10.8. The first-order valence-corrected chi connectivity index (χ1v) is 15.5. The second kappa shape index (κ2) is 13.8. The third-order valence-corrected chi connectivity index (χ3v) is 8.61. The molecule has 2 aliphatic heterocycles. The maximum absolute atomic E-state index is 15.2. The van der Waals surface area contributed by atoms with Crippen molar-refractivity contribution in [3.63, 3.8) is 0 Å². The number of amides is 1. The average Bonchev–Trinajstić information content (AvgIpc) is 3.48. The Labute approximate surface area is 252 Å². The number of aliphatic hydroxyl groups excluding tert-OH is 1. The van der Waals surface area contributed by atoms with Crippen molar-refractivity contribution in [2.75, 3.05) is 25.5 Å². The third kappa shape index (κ3) is 7.86. The van der Waals surface area contributed by atoms with E-state index in [1.807, 2.05) is 4.90 Å². The van der Waals surface area contributed by atoms with E-state index in [2.05, 4.69) is 15.4 Å². The van der Waals surface area contributed by atoms with Crippen molar-refractivity contribution in [3.05, 3.63) is 53.1 Å². The standard InChI is InChI=1S/C27H36F2N5O9P/c1-16(2)41-24(37)17(3)32-44(39,43-18-9-6-5-7-10-18)40-15-20-22(35)27(28,29)25(42-20)34-14-12-21(31-26(34)38)30-23(36)19-11-8-13-33(19)4/h5-7,9-10,12,14,16-17,19-20,22,25,35H,8,11,13,15H2,1-4H3,(H,32,39)(H,30,31,36,38)/t17-,19-,20+,22+,25+,44?/m0/s1. The molecule has 0 aliphatic carbocycles. The average molecular weight is 644 g/mol. The quantitative estimate of drug-likeness (QED) is 0.228. The molecule has 2 fully saturated rings. The number of aromatic nitrogens is 2. The first kappa shape index (κ1) is 33.6. The van der Waals surface area contributed by atoms with Gasteiger partial charge in [0.2, 0.25) is 12.1 Å². The predicted molar refractivity (Wildman–Crippen MR) is 152 cm³/mol. The third-order valence-electron chi connectivity index (χ3n) is 6.97. The van der Waals surface area contributed by atoms with Gasteiger partial charge in [-0.25, -0.2) is 9.36 Å². The van der Waals surface area contributed by atoms with E-state index in [0.717, 1.165) is 25.2 Å². The Hall–Kier alpha value is -3.27. The van der Waals surface area contributed by atoms with E-state index in [1.54, 1.807) is 39.1 Å². The fourth-order valence-corrected chi connectivity index (χ4v) is 6.23. The maximum Gasteiger partial charge on any atom is 0.459 e. The zero-order chi connectivity index (χ0) is 32.2.